The number of ether oxygens (including phenoxy) is 1. The Morgan fingerprint density at radius 2 is 1.84 bits per heavy atom. The van der Waals surface area contributed by atoms with Gasteiger partial charge in [-0.1, -0.05) is 30.3 Å². The van der Waals surface area contributed by atoms with Crippen LogP contribution in [0.25, 0.3) is 0 Å². The quantitative estimate of drug-likeness (QED) is 0.819. The van der Waals surface area contributed by atoms with Gasteiger partial charge >= 0.3 is 0 Å². The molecule has 0 radical (unpaired) electrons. The average molecular weight is 259 g/mol. The van der Waals surface area contributed by atoms with Crippen molar-refractivity contribution in [2.24, 2.45) is 11.3 Å². The maximum Gasteiger partial charge on any atom is 0.0716 e. The zero-order chi connectivity index (χ0) is 13.0. The van der Waals surface area contributed by atoms with Crippen molar-refractivity contribution in [1.82, 2.24) is 5.32 Å². The smallest absolute Gasteiger partial charge is 0.0716 e. The van der Waals surface area contributed by atoms with Gasteiger partial charge in [0.1, 0.15) is 0 Å². The van der Waals surface area contributed by atoms with Crippen LogP contribution in [-0.2, 0) is 11.3 Å². The van der Waals surface area contributed by atoms with Gasteiger partial charge in [0.15, 0.2) is 0 Å². The Morgan fingerprint density at radius 1 is 1.11 bits per heavy atom. The maximum atomic E-state index is 5.79. The van der Waals surface area contributed by atoms with Crippen molar-refractivity contribution in [2.75, 3.05) is 19.7 Å². The third-order valence-electron chi connectivity index (χ3n) is 4.89. The van der Waals surface area contributed by atoms with Gasteiger partial charge in [-0.05, 0) is 62.1 Å². The Morgan fingerprint density at radius 3 is 2.58 bits per heavy atom. The highest BCUT2D eigenvalue weighted by molar-refractivity contribution is 5.13. The minimum atomic E-state index is 0.718. The van der Waals surface area contributed by atoms with Crippen molar-refractivity contribution in [3.63, 3.8) is 0 Å². The van der Waals surface area contributed by atoms with E-state index >= 15 is 0 Å². The molecule has 2 fully saturated rings. The van der Waals surface area contributed by atoms with Crippen LogP contribution in [0.4, 0.5) is 0 Å². The molecule has 1 aromatic rings. The molecule has 2 aliphatic rings. The van der Waals surface area contributed by atoms with Crippen LogP contribution in [0.15, 0.2) is 30.3 Å². The van der Waals surface area contributed by atoms with Crippen molar-refractivity contribution in [3.05, 3.63) is 35.9 Å². The van der Waals surface area contributed by atoms with Crippen molar-refractivity contribution >= 4 is 0 Å². The predicted octanol–water partition coefficient (Wildman–Crippen LogP) is 3.37. The van der Waals surface area contributed by atoms with Gasteiger partial charge in [-0.25, -0.2) is 0 Å². The van der Waals surface area contributed by atoms with E-state index in [1.807, 2.05) is 0 Å². The normalized spacial score (nSPS) is 22.3. The number of nitrogens with one attached hydrogen (secondary N) is 1. The molecular formula is C17H25NO. The van der Waals surface area contributed by atoms with E-state index in [1.54, 1.807) is 0 Å². The van der Waals surface area contributed by atoms with Crippen LogP contribution >= 0.6 is 0 Å². The van der Waals surface area contributed by atoms with Gasteiger partial charge in [-0.2, -0.15) is 0 Å². The fourth-order valence-electron chi connectivity index (χ4n) is 3.75. The summed E-state index contributed by atoms with van der Waals surface area (Å²) in [5.41, 5.74) is 2.00. The van der Waals surface area contributed by atoms with Gasteiger partial charge in [-0.3, -0.25) is 0 Å². The standard InChI is InChI=1S/C17H25NO/c1-2-4-15(5-3-1)14-19-11-6-16-12-17(13-16)7-9-18-10-8-17/h1-5,16,18H,6-14H2. The Balaban J connectivity index is 1.30. The van der Waals surface area contributed by atoms with Gasteiger partial charge in [-0.15, -0.1) is 0 Å². The zero-order valence-electron chi connectivity index (χ0n) is 11.7. The highest BCUT2D eigenvalue weighted by Gasteiger charge is 2.43. The molecule has 0 aromatic heterocycles. The Hall–Kier alpha value is -0.860. The highest BCUT2D eigenvalue weighted by atomic mass is 16.5. The second-order valence-corrected chi connectivity index (χ2v) is 6.35. The van der Waals surface area contributed by atoms with E-state index in [9.17, 15) is 0 Å². The van der Waals surface area contributed by atoms with E-state index in [4.69, 9.17) is 4.74 Å². The Kier molecular flexibility index (Phi) is 4.19. The van der Waals surface area contributed by atoms with Gasteiger partial charge in [0.2, 0.25) is 0 Å². The minimum Gasteiger partial charge on any atom is -0.377 e. The number of rotatable bonds is 5. The lowest BCUT2D eigenvalue weighted by Gasteiger charge is -2.50. The average Bonchev–Trinajstić information content (AvgIpc) is 2.44. The molecule has 1 aromatic carbocycles. The summed E-state index contributed by atoms with van der Waals surface area (Å²) in [4.78, 5) is 0. The largest absolute Gasteiger partial charge is 0.377 e. The minimum absolute atomic E-state index is 0.718. The van der Waals surface area contributed by atoms with E-state index in [0.29, 0.717) is 0 Å². The third kappa shape index (κ3) is 3.37. The molecule has 2 heteroatoms. The number of hydrogen-bond acceptors (Lipinski definition) is 2. The molecular weight excluding hydrogens is 234 g/mol. The zero-order valence-corrected chi connectivity index (χ0v) is 11.7. The Labute approximate surface area is 116 Å². The molecule has 104 valence electrons. The molecule has 19 heavy (non-hydrogen) atoms. The van der Waals surface area contributed by atoms with Crippen molar-refractivity contribution in [3.8, 4) is 0 Å². The molecule has 1 spiro atoms. The predicted molar refractivity (Wildman–Crippen MR) is 78.0 cm³/mol. The summed E-state index contributed by atoms with van der Waals surface area (Å²) in [6, 6.07) is 10.5. The van der Waals surface area contributed by atoms with Gasteiger partial charge in [0, 0.05) is 6.61 Å². The molecule has 0 amide bonds. The van der Waals surface area contributed by atoms with E-state index in [-0.39, 0.29) is 0 Å². The molecule has 1 saturated carbocycles. The van der Waals surface area contributed by atoms with Crippen LogP contribution in [0.1, 0.15) is 37.7 Å². The van der Waals surface area contributed by atoms with Gasteiger partial charge < -0.3 is 10.1 Å². The first kappa shape index (κ1) is 13.1. The SMILES string of the molecule is c1ccc(COCCC2CC3(CCNCC3)C2)cc1. The summed E-state index contributed by atoms with van der Waals surface area (Å²) >= 11 is 0. The molecule has 0 bridgehead atoms. The number of piperidine rings is 1. The summed E-state index contributed by atoms with van der Waals surface area (Å²) < 4.78 is 5.79. The molecule has 1 saturated heterocycles. The van der Waals surface area contributed by atoms with Crippen molar-refractivity contribution in [2.45, 2.75) is 38.7 Å². The van der Waals surface area contributed by atoms with E-state index in [1.165, 1.54) is 50.8 Å². The fraction of sp³-hybridized carbons (Fsp3) is 0.647. The topological polar surface area (TPSA) is 21.3 Å². The Bertz CT molecular complexity index is 376. The van der Waals surface area contributed by atoms with Crippen molar-refractivity contribution in [1.29, 1.82) is 0 Å². The van der Waals surface area contributed by atoms with Crippen molar-refractivity contribution < 1.29 is 4.74 Å². The summed E-state index contributed by atoms with van der Waals surface area (Å²) in [5.74, 6) is 0.925. The van der Waals surface area contributed by atoms with Crippen LogP contribution < -0.4 is 5.32 Å². The van der Waals surface area contributed by atoms with Crippen LogP contribution in [0.3, 0.4) is 0 Å². The molecule has 0 atom stereocenters. The molecule has 1 N–H and O–H groups in total. The molecule has 1 aliphatic heterocycles. The van der Waals surface area contributed by atoms with Crippen LogP contribution in [0.5, 0.6) is 0 Å². The first-order valence-electron chi connectivity index (χ1n) is 7.69. The summed E-state index contributed by atoms with van der Waals surface area (Å²) in [6.07, 6.45) is 6.94. The molecule has 1 aliphatic carbocycles. The summed E-state index contributed by atoms with van der Waals surface area (Å²) in [5, 5.41) is 3.47. The van der Waals surface area contributed by atoms with Gasteiger partial charge in [0.25, 0.3) is 0 Å². The lowest BCUT2D eigenvalue weighted by Crippen LogP contribution is -2.45. The molecule has 1 heterocycles. The monoisotopic (exact) mass is 259 g/mol. The van der Waals surface area contributed by atoms with Crippen LogP contribution in [0, 0.1) is 11.3 Å². The van der Waals surface area contributed by atoms with E-state index in [0.717, 1.165) is 24.5 Å². The van der Waals surface area contributed by atoms with E-state index in [2.05, 4.69) is 35.6 Å². The number of benzene rings is 1. The van der Waals surface area contributed by atoms with Crippen LogP contribution in [-0.4, -0.2) is 19.7 Å². The molecule has 2 nitrogen and oxygen atoms in total. The molecule has 3 rings (SSSR count). The number of hydrogen-bond donors (Lipinski definition) is 1. The first-order valence-corrected chi connectivity index (χ1v) is 7.69. The van der Waals surface area contributed by atoms with Gasteiger partial charge in [0.05, 0.1) is 6.61 Å². The second-order valence-electron chi connectivity index (χ2n) is 6.35. The third-order valence-corrected chi connectivity index (χ3v) is 4.89. The maximum absolute atomic E-state index is 5.79. The lowest BCUT2D eigenvalue weighted by molar-refractivity contribution is -0.00155. The summed E-state index contributed by atoms with van der Waals surface area (Å²) in [6.45, 7) is 4.16. The highest BCUT2D eigenvalue weighted by Crippen LogP contribution is 2.52. The van der Waals surface area contributed by atoms with E-state index < -0.39 is 0 Å². The molecule has 0 unspecified atom stereocenters. The summed E-state index contributed by atoms with van der Waals surface area (Å²) in [7, 11) is 0. The lowest BCUT2D eigenvalue weighted by atomic mass is 9.57. The fourth-order valence-corrected chi connectivity index (χ4v) is 3.75. The first-order chi connectivity index (χ1) is 9.36. The second kappa shape index (κ2) is 6.06. The van der Waals surface area contributed by atoms with Crippen LogP contribution in [0.2, 0.25) is 0 Å².